The van der Waals surface area contributed by atoms with Crippen molar-refractivity contribution in [1.29, 1.82) is 0 Å². The van der Waals surface area contributed by atoms with Crippen LogP contribution in [0, 0.1) is 12.8 Å². The molecule has 1 aliphatic rings. The van der Waals surface area contributed by atoms with Gasteiger partial charge in [-0.05, 0) is 37.5 Å². The van der Waals surface area contributed by atoms with Crippen molar-refractivity contribution in [3.05, 3.63) is 28.8 Å². The first-order valence-electron chi connectivity index (χ1n) is 5.99. The Labute approximate surface area is 107 Å². The molecule has 0 heterocycles. The van der Waals surface area contributed by atoms with Gasteiger partial charge in [0.25, 0.3) is 0 Å². The van der Waals surface area contributed by atoms with Gasteiger partial charge in [0.1, 0.15) is 0 Å². The molecule has 17 heavy (non-hydrogen) atoms. The van der Waals surface area contributed by atoms with Crippen LogP contribution in [0.2, 0.25) is 5.02 Å². The lowest BCUT2D eigenvalue weighted by atomic mass is 10.1. The van der Waals surface area contributed by atoms with Crippen LogP contribution in [-0.4, -0.2) is 5.91 Å². The Bertz CT molecular complexity index is 414. The maximum atomic E-state index is 11.8. The van der Waals surface area contributed by atoms with E-state index in [1.54, 1.807) is 0 Å². The van der Waals surface area contributed by atoms with Gasteiger partial charge in [0.05, 0.1) is 5.69 Å². The maximum Gasteiger partial charge on any atom is 0.241 e. The summed E-state index contributed by atoms with van der Waals surface area (Å²) in [5.41, 5.74) is 7.48. The zero-order chi connectivity index (χ0) is 12.3. The zero-order valence-electron chi connectivity index (χ0n) is 9.92. The molecule has 0 atom stereocenters. The van der Waals surface area contributed by atoms with Gasteiger partial charge in [-0.25, -0.2) is 0 Å². The minimum atomic E-state index is 0.0826. The van der Waals surface area contributed by atoms with Gasteiger partial charge in [-0.2, -0.15) is 0 Å². The molecule has 0 bridgehead atoms. The molecular formula is C13H17ClN2O. The Balaban J connectivity index is 1.88. The highest BCUT2D eigenvalue weighted by Crippen LogP contribution is 2.25. The smallest absolute Gasteiger partial charge is 0.241 e. The molecule has 0 radical (unpaired) electrons. The molecule has 0 aromatic heterocycles. The number of halogens is 1. The highest BCUT2D eigenvalue weighted by Gasteiger charge is 2.22. The average Bonchev–Trinajstić information content (AvgIpc) is 2.84. The first kappa shape index (κ1) is 12.2. The van der Waals surface area contributed by atoms with E-state index in [0.717, 1.165) is 36.9 Å². The van der Waals surface area contributed by atoms with Crippen LogP contribution in [0.1, 0.15) is 31.2 Å². The van der Waals surface area contributed by atoms with Crippen LogP contribution >= 0.6 is 11.6 Å². The van der Waals surface area contributed by atoms with Crippen molar-refractivity contribution in [2.75, 3.05) is 5.43 Å². The molecule has 1 amide bonds. The van der Waals surface area contributed by atoms with Crippen LogP contribution in [0.3, 0.4) is 0 Å². The lowest BCUT2D eigenvalue weighted by Crippen LogP contribution is -2.33. The van der Waals surface area contributed by atoms with Crippen molar-refractivity contribution in [2.24, 2.45) is 5.92 Å². The fraction of sp³-hybridized carbons (Fsp3) is 0.462. The SMILES string of the molecule is Cc1ccc(NNC(=O)C2CCCC2)cc1Cl. The Hall–Kier alpha value is -1.22. The fourth-order valence-corrected chi connectivity index (χ4v) is 2.27. The topological polar surface area (TPSA) is 41.1 Å². The number of benzene rings is 1. The average molecular weight is 253 g/mol. The number of amides is 1. The van der Waals surface area contributed by atoms with Gasteiger partial charge >= 0.3 is 0 Å². The molecular weight excluding hydrogens is 236 g/mol. The van der Waals surface area contributed by atoms with Crippen LogP contribution in [0.15, 0.2) is 18.2 Å². The third kappa shape index (κ3) is 3.13. The summed E-state index contributed by atoms with van der Waals surface area (Å²) in [7, 11) is 0. The minimum absolute atomic E-state index is 0.0826. The van der Waals surface area contributed by atoms with Crippen LogP contribution in [0.4, 0.5) is 5.69 Å². The van der Waals surface area contributed by atoms with Crippen molar-refractivity contribution < 1.29 is 4.79 Å². The number of rotatable bonds is 3. The molecule has 4 heteroatoms. The molecule has 1 fully saturated rings. The lowest BCUT2D eigenvalue weighted by Gasteiger charge is -2.12. The molecule has 92 valence electrons. The second kappa shape index (κ2) is 5.41. The number of carbonyl (C=O) groups excluding carboxylic acids is 1. The highest BCUT2D eigenvalue weighted by atomic mass is 35.5. The zero-order valence-corrected chi connectivity index (χ0v) is 10.7. The van der Waals surface area contributed by atoms with E-state index in [-0.39, 0.29) is 11.8 Å². The molecule has 1 aromatic rings. The summed E-state index contributed by atoms with van der Waals surface area (Å²) in [5.74, 6) is 0.252. The van der Waals surface area contributed by atoms with E-state index in [2.05, 4.69) is 10.9 Å². The van der Waals surface area contributed by atoms with Crippen LogP contribution < -0.4 is 10.9 Å². The van der Waals surface area contributed by atoms with Gasteiger partial charge in [0, 0.05) is 10.9 Å². The number of anilines is 1. The van der Waals surface area contributed by atoms with Gasteiger partial charge in [0.15, 0.2) is 0 Å². The molecule has 3 nitrogen and oxygen atoms in total. The highest BCUT2D eigenvalue weighted by molar-refractivity contribution is 6.31. The van der Waals surface area contributed by atoms with Gasteiger partial charge in [-0.15, -0.1) is 0 Å². The summed E-state index contributed by atoms with van der Waals surface area (Å²) in [6.45, 7) is 1.95. The first-order chi connectivity index (χ1) is 8.16. The van der Waals surface area contributed by atoms with Crippen molar-refractivity contribution in [3.8, 4) is 0 Å². The number of nitrogens with one attached hydrogen (secondary N) is 2. The Morgan fingerprint density at radius 3 is 2.71 bits per heavy atom. The van der Waals surface area contributed by atoms with Crippen molar-refractivity contribution in [3.63, 3.8) is 0 Å². The molecule has 1 aliphatic carbocycles. The Morgan fingerprint density at radius 2 is 2.06 bits per heavy atom. The summed E-state index contributed by atoms with van der Waals surface area (Å²) in [5, 5.41) is 0.699. The largest absolute Gasteiger partial charge is 0.299 e. The molecule has 0 spiro atoms. The predicted molar refractivity (Wildman–Crippen MR) is 69.9 cm³/mol. The monoisotopic (exact) mass is 252 g/mol. The second-order valence-corrected chi connectivity index (χ2v) is 4.97. The number of hydrogen-bond donors (Lipinski definition) is 2. The van der Waals surface area contributed by atoms with Gasteiger partial charge < -0.3 is 0 Å². The number of carbonyl (C=O) groups is 1. The van der Waals surface area contributed by atoms with Crippen LogP contribution in [-0.2, 0) is 4.79 Å². The Morgan fingerprint density at radius 1 is 1.35 bits per heavy atom. The predicted octanol–water partition coefficient (Wildman–Crippen LogP) is 3.28. The van der Waals surface area contributed by atoms with Gasteiger partial charge in [0.2, 0.25) is 5.91 Å². The van der Waals surface area contributed by atoms with Crippen LogP contribution in [0.5, 0.6) is 0 Å². The quantitative estimate of drug-likeness (QED) is 0.811. The van der Waals surface area contributed by atoms with Gasteiger partial charge in [-0.1, -0.05) is 30.5 Å². The van der Waals surface area contributed by atoms with E-state index in [1.807, 2.05) is 25.1 Å². The molecule has 0 saturated heterocycles. The number of hydrogen-bond acceptors (Lipinski definition) is 2. The summed E-state index contributed by atoms with van der Waals surface area (Å²) in [4.78, 5) is 11.8. The lowest BCUT2D eigenvalue weighted by molar-refractivity contribution is -0.124. The third-order valence-electron chi connectivity index (χ3n) is 3.23. The van der Waals surface area contributed by atoms with E-state index in [0.29, 0.717) is 5.02 Å². The molecule has 2 rings (SSSR count). The number of hydrazine groups is 1. The summed E-state index contributed by atoms with van der Waals surface area (Å²) >= 11 is 6.00. The molecule has 1 aromatic carbocycles. The summed E-state index contributed by atoms with van der Waals surface area (Å²) in [6, 6.07) is 5.63. The van der Waals surface area contributed by atoms with E-state index in [9.17, 15) is 4.79 Å². The second-order valence-electron chi connectivity index (χ2n) is 4.56. The van der Waals surface area contributed by atoms with E-state index in [1.165, 1.54) is 0 Å². The van der Waals surface area contributed by atoms with Crippen molar-refractivity contribution in [1.82, 2.24) is 5.43 Å². The van der Waals surface area contributed by atoms with Crippen LogP contribution in [0.25, 0.3) is 0 Å². The molecule has 0 aliphatic heterocycles. The minimum Gasteiger partial charge on any atom is -0.299 e. The standard InChI is InChI=1S/C13H17ClN2O/c1-9-6-7-11(8-12(9)14)15-16-13(17)10-4-2-3-5-10/h6-8,10,15H,2-5H2,1H3,(H,16,17). The fourth-order valence-electron chi connectivity index (χ4n) is 2.09. The Kier molecular flexibility index (Phi) is 3.89. The third-order valence-corrected chi connectivity index (χ3v) is 3.64. The van der Waals surface area contributed by atoms with E-state index >= 15 is 0 Å². The van der Waals surface area contributed by atoms with E-state index < -0.39 is 0 Å². The van der Waals surface area contributed by atoms with Crippen molar-refractivity contribution >= 4 is 23.2 Å². The molecule has 2 N–H and O–H groups in total. The van der Waals surface area contributed by atoms with Crippen molar-refractivity contribution in [2.45, 2.75) is 32.6 Å². The maximum absolute atomic E-state index is 11.8. The summed E-state index contributed by atoms with van der Waals surface area (Å²) < 4.78 is 0. The number of aryl methyl sites for hydroxylation is 1. The normalized spacial score (nSPS) is 15.9. The molecule has 0 unspecified atom stereocenters. The first-order valence-corrected chi connectivity index (χ1v) is 6.36. The van der Waals surface area contributed by atoms with Gasteiger partial charge in [-0.3, -0.25) is 15.6 Å². The summed E-state index contributed by atoms with van der Waals surface area (Å²) in [6.07, 6.45) is 4.33. The van der Waals surface area contributed by atoms with E-state index in [4.69, 9.17) is 11.6 Å². The molecule has 1 saturated carbocycles.